The molecular formula is C104H120F6N28O6. The van der Waals surface area contributed by atoms with Gasteiger partial charge in [0.05, 0.1) is 57.8 Å². The van der Waals surface area contributed by atoms with E-state index in [2.05, 4.69) is 107 Å². The minimum atomic E-state index is -4.54. The number of anilines is 10. The molecule has 754 valence electrons. The van der Waals surface area contributed by atoms with Crippen LogP contribution in [0.1, 0.15) is 132 Å². The number of amides is 5. The Hall–Kier alpha value is -15.1. The SMILES string of the molecule is CC(=O)N1CCc2c(c(N(C)c3ccc(-c4cn(C)nc4C(F)(F)F)cc3)nn2C)C1.CC(=O)N1CCc2c(c(N(C)c3ccc(-c4cn(C)nc4C(F)(F)F)cc3)nn2C2CCOC2)C1.CC(=O)N1CCc2c(c(N(C)c3ccc(-c4cnn(C)c4)cc3)nn2C)C1.CC(=O)N1CCc2c(c(N3CCCc4ccccc43)nn2C)C1.CC(=O)N1CCc2c(c(N3CCc4cc(-c5cnn(C)c5)ccc43)nn2C)C1. The summed E-state index contributed by atoms with van der Waals surface area (Å²) in [5.41, 5.74) is 22.9. The maximum Gasteiger partial charge on any atom is 0.435 e. The summed E-state index contributed by atoms with van der Waals surface area (Å²) in [5.74, 6) is 4.82. The molecule has 0 radical (unpaired) electrons. The molecule has 17 heterocycles. The maximum atomic E-state index is 13.4. The lowest BCUT2D eigenvalue weighted by Crippen LogP contribution is -2.35. The zero-order chi connectivity index (χ0) is 102. The highest BCUT2D eigenvalue weighted by atomic mass is 19.4. The molecule has 0 N–H and O–H groups in total. The summed E-state index contributed by atoms with van der Waals surface area (Å²) in [6.45, 7) is 17.8. The van der Waals surface area contributed by atoms with Crippen LogP contribution in [0.2, 0.25) is 0 Å². The number of benzene rings is 5. The van der Waals surface area contributed by atoms with Crippen molar-refractivity contribution in [2.45, 2.75) is 144 Å². The third-order valence-electron chi connectivity index (χ3n) is 28.6. The van der Waals surface area contributed by atoms with E-state index < -0.39 is 23.7 Å². The Morgan fingerprint density at radius 3 is 1.14 bits per heavy atom. The highest BCUT2D eigenvalue weighted by Crippen LogP contribution is 2.46. The average Bonchev–Trinajstić information content (AvgIpc) is 1.58. The smallest absolute Gasteiger partial charge is 0.379 e. The quantitative estimate of drug-likeness (QED) is 0.0969. The van der Waals surface area contributed by atoms with Crippen LogP contribution in [0.3, 0.4) is 0 Å². The topological polar surface area (TPSA) is 287 Å². The standard InChI is InChI=1S/C24H27F3N6O2.C21H23F3N6O.C21H24N6O.C20H24N6O.C18H22N4O/c1-15(34)32-10-8-21-20(13-32)23(29-33(21)18-9-11-35-14-18)31(3)17-6-4-16(5-7-17)19-12-30(2)28-22(19)24(25,26)27;1-13(31)30-10-9-18-17(12-30)20(26-29(18)4)28(3)15-7-5-14(6-8-15)16-11-27(2)25-19(16)21(22,23)24;1-14(28)26-8-7-20-18(13-26)21(23-25(20)3)27-9-6-16-10-15(4-5-19(16)27)17-11-22-24(2)12-17;1-14(27)26-10-9-19-18(13-26)20(22-25(19)4)24(3)17-7-5-15(6-8-17)16-11-21-23(2)12-16;1-13(23)21-11-9-17-15(12-21)18(19-20(17)2)22-10-5-7-14-6-3-4-8-16(14)22/h4-7,12,18H,8-11,13-14H2,1-3H3;5-8,11H,9-10,12H2,1-4H3;4-5,10-12H,6-9,13H2,1-3H3;5-8,11-12H,9-10,13H2,1-4H3;3-4,6,8H,5,7,9-12H2,1-2H3. The second-order valence-corrected chi connectivity index (χ2v) is 38.0. The Bertz CT molecular complexity index is 7140. The van der Waals surface area contributed by atoms with Gasteiger partial charge in [0.1, 0.15) is 0 Å². The van der Waals surface area contributed by atoms with Crippen LogP contribution in [0.4, 0.5) is 83.9 Å². The third-order valence-corrected chi connectivity index (χ3v) is 28.6. The number of ether oxygens (including phenoxy) is 1. The molecule has 34 nitrogen and oxygen atoms in total. The Kier molecular flexibility index (Phi) is 27.8. The molecule has 144 heavy (non-hydrogen) atoms. The number of hydrogen-bond acceptors (Lipinski definition) is 20. The van der Waals surface area contributed by atoms with Gasteiger partial charge in [-0.15, -0.1) is 0 Å². The van der Waals surface area contributed by atoms with Gasteiger partial charge in [0.25, 0.3) is 0 Å². The van der Waals surface area contributed by atoms with Crippen molar-refractivity contribution in [3.05, 3.63) is 231 Å². The summed E-state index contributed by atoms with van der Waals surface area (Å²) < 4.78 is 102. The van der Waals surface area contributed by atoms with Crippen LogP contribution >= 0.6 is 0 Å². The lowest BCUT2D eigenvalue weighted by atomic mass is 10.0. The highest BCUT2D eigenvalue weighted by molar-refractivity contribution is 5.82. The monoisotopic (exact) mass is 1970 g/mol. The van der Waals surface area contributed by atoms with Gasteiger partial charge in [0.2, 0.25) is 29.5 Å². The van der Waals surface area contributed by atoms with Crippen LogP contribution in [0.15, 0.2) is 152 Å². The molecule has 8 aliphatic rings. The molecule has 0 saturated carbocycles. The fourth-order valence-corrected chi connectivity index (χ4v) is 20.8. The first-order valence-electron chi connectivity index (χ1n) is 48.4. The summed E-state index contributed by atoms with van der Waals surface area (Å²) >= 11 is 0. The van der Waals surface area contributed by atoms with Gasteiger partial charge < -0.3 is 53.7 Å². The van der Waals surface area contributed by atoms with Crippen molar-refractivity contribution in [2.75, 3.05) is 105 Å². The molecule has 1 atom stereocenters. The van der Waals surface area contributed by atoms with Gasteiger partial charge in [-0.2, -0.15) is 72.2 Å². The van der Waals surface area contributed by atoms with E-state index >= 15 is 0 Å². The maximum absolute atomic E-state index is 13.4. The van der Waals surface area contributed by atoms with E-state index in [1.165, 1.54) is 92.1 Å². The number of alkyl halides is 6. The molecule has 8 aliphatic heterocycles. The summed E-state index contributed by atoms with van der Waals surface area (Å²) in [5, 5.41) is 39.7. The fourth-order valence-electron chi connectivity index (χ4n) is 20.8. The second-order valence-electron chi connectivity index (χ2n) is 38.0. The summed E-state index contributed by atoms with van der Waals surface area (Å²) in [6, 6.07) is 37.4. The van der Waals surface area contributed by atoms with Crippen molar-refractivity contribution in [3.8, 4) is 44.5 Å². The van der Waals surface area contributed by atoms with Gasteiger partial charge in [-0.1, -0.05) is 60.7 Å². The molecule has 9 aromatic heterocycles. The van der Waals surface area contributed by atoms with E-state index in [-0.39, 0.29) is 46.7 Å². The first kappa shape index (κ1) is 99.0. The summed E-state index contributed by atoms with van der Waals surface area (Å²) in [6.07, 6.45) is 9.66. The Morgan fingerprint density at radius 2 is 0.729 bits per heavy atom. The van der Waals surface area contributed by atoms with Crippen molar-refractivity contribution >= 4 is 87.1 Å². The highest BCUT2D eigenvalue weighted by Gasteiger charge is 2.42. The number of aryl methyl sites for hydroxylation is 9. The van der Waals surface area contributed by atoms with Crippen molar-refractivity contribution in [1.29, 1.82) is 0 Å². The van der Waals surface area contributed by atoms with Gasteiger partial charge in [-0.3, -0.25) is 66.1 Å². The molecule has 1 unspecified atom stereocenters. The minimum absolute atomic E-state index is 0.0162. The van der Waals surface area contributed by atoms with Crippen LogP contribution in [0, 0.1) is 0 Å². The van der Waals surface area contributed by atoms with Crippen molar-refractivity contribution < 1.29 is 55.1 Å². The molecule has 22 rings (SSSR count). The number of para-hydroxylation sites is 1. The van der Waals surface area contributed by atoms with Crippen LogP contribution < -0.4 is 24.5 Å². The Balaban J connectivity index is 0.000000119. The van der Waals surface area contributed by atoms with Gasteiger partial charge in [-0.25, -0.2) is 0 Å². The number of rotatable bonds is 13. The zero-order valence-electron chi connectivity index (χ0n) is 84.0. The predicted octanol–water partition coefficient (Wildman–Crippen LogP) is 14.8. The molecule has 0 bridgehead atoms. The number of halogens is 6. The number of aromatic nitrogens is 18. The molecule has 1 fully saturated rings. The third kappa shape index (κ3) is 20.1. The molecule has 0 spiro atoms. The molecule has 14 aromatic rings. The lowest BCUT2D eigenvalue weighted by Gasteiger charge is -2.32. The molecule has 5 amide bonds. The molecule has 40 heteroatoms. The van der Waals surface area contributed by atoms with Crippen LogP contribution in [0.25, 0.3) is 44.5 Å². The van der Waals surface area contributed by atoms with Crippen LogP contribution in [-0.2, 0) is 175 Å². The number of carbonyl (C=O) groups is 5. The summed E-state index contributed by atoms with van der Waals surface area (Å²) in [4.78, 5) is 79.3. The number of hydrogen-bond donors (Lipinski definition) is 0. The first-order valence-corrected chi connectivity index (χ1v) is 48.4. The number of nitrogens with zero attached hydrogens (tertiary/aromatic N) is 28. The van der Waals surface area contributed by atoms with E-state index in [1.54, 1.807) is 97.6 Å². The number of fused-ring (bicyclic) bond motifs is 7. The van der Waals surface area contributed by atoms with E-state index in [1.807, 2.05) is 141 Å². The van der Waals surface area contributed by atoms with Crippen molar-refractivity contribution in [1.82, 2.24) is 113 Å². The van der Waals surface area contributed by atoms with E-state index in [4.69, 9.17) is 25.1 Å². The lowest BCUT2D eigenvalue weighted by molar-refractivity contribution is -0.141. The van der Waals surface area contributed by atoms with Gasteiger partial charge in [-0.05, 0) is 114 Å². The van der Waals surface area contributed by atoms with E-state index in [0.29, 0.717) is 76.6 Å². The van der Waals surface area contributed by atoms with Crippen molar-refractivity contribution in [2.24, 2.45) is 56.4 Å². The van der Waals surface area contributed by atoms with Gasteiger partial charge in [0.15, 0.2) is 40.5 Å². The first-order chi connectivity index (χ1) is 68.8. The molecular weight excluding hydrogens is 1850 g/mol. The zero-order valence-corrected chi connectivity index (χ0v) is 84.0. The van der Waals surface area contributed by atoms with Gasteiger partial charge in [0, 0.05) is 328 Å². The second kappa shape index (κ2) is 40.3. The minimum Gasteiger partial charge on any atom is -0.379 e. The van der Waals surface area contributed by atoms with Crippen LogP contribution in [-0.4, -0.2) is 222 Å². The predicted molar refractivity (Wildman–Crippen MR) is 535 cm³/mol. The Labute approximate surface area is 830 Å². The fraction of sp³-hybridized carbons (Fsp3) is 0.404. The molecule has 5 aromatic carbocycles. The average molecular weight is 1970 g/mol. The van der Waals surface area contributed by atoms with E-state index in [9.17, 15) is 50.3 Å². The molecule has 0 aliphatic carbocycles. The number of carbonyl (C=O) groups excluding carboxylic acids is 5. The molecule has 1 saturated heterocycles. The van der Waals surface area contributed by atoms with Crippen LogP contribution in [0.5, 0.6) is 0 Å². The largest absolute Gasteiger partial charge is 0.435 e. The van der Waals surface area contributed by atoms with Gasteiger partial charge >= 0.3 is 12.4 Å². The van der Waals surface area contributed by atoms with Crippen molar-refractivity contribution in [3.63, 3.8) is 0 Å². The normalized spacial score (nSPS) is 15.7. The summed E-state index contributed by atoms with van der Waals surface area (Å²) in [7, 11) is 20.4. The Morgan fingerprint density at radius 1 is 0.361 bits per heavy atom. The van der Waals surface area contributed by atoms with E-state index in [0.717, 1.165) is 175 Å².